The van der Waals surface area contributed by atoms with Gasteiger partial charge in [0.1, 0.15) is 16.6 Å². The average Bonchev–Trinajstić information content (AvgIpc) is 3.07. The predicted octanol–water partition coefficient (Wildman–Crippen LogP) is 3.77. The van der Waals surface area contributed by atoms with Crippen LogP contribution in [0.15, 0.2) is 54.6 Å². The molecule has 0 saturated heterocycles. The van der Waals surface area contributed by atoms with Crippen LogP contribution in [0.4, 0.5) is 14.2 Å². The van der Waals surface area contributed by atoms with Crippen LogP contribution in [0.3, 0.4) is 0 Å². The maximum absolute atomic E-state index is 13.0. The molecular formula is C20H18FN3O3S. The van der Waals surface area contributed by atoms with Crippen molar-refractivity contribution in [2.45, 2.75) is 6.42 Å². The van der Waals surface area contributed by atoms with E-state index in [1.807, 2.05) is 24.3 Å². The quantitative estimate of drug-likeness (QED) is 0.563. The topological polar surface area (TPSA) is 107 Å². The molecule has 1 heterocycles. The SMILES string of the molecule is NC(=O)Nc1sc(-c2ccccc2OCCc2ccc(F)cc2)cc1C(N)=O. The summed E-state index contributed by atoms with van der Waals surface area (Å²) >= 11 is 1.18. The Kier molecular flexibility index (Phi) is 5.90. The number of para-hydroxylation sites is 1. The van der Waals surface area contributed by atoms with Crippen molar-refractivity contribution in [3.63, 3.8) is 0 Å². The van der Waals surface area contributed by atoms with Gasteiger partial charge in [-0.15, -0.1) is 11.3 Å². The average molecular weight is 399 g/mol. The molecule has 0 aliphatic rings. The van der Waals surface area contributed by atoms with Crippen LogP contribution in [0.5, 0.6) is 5.75 Å². The Balaban J connectivity index is 1.80. The number of primary amides is 2. The minimum absolute atomic E-state index is 0.180. The van der Waals surface area contributed by atoms with E-state index in [1.165, 1.54) is 23.5 Å². The van der Waals surface area contributed by atoms with Gasteiger partial charge >= 0.3 is 6.03 Å². The minimum Gasteiger partial charge on any atom is -0.493 e. The lowest BCUT2D eigenvalue weighted by Crippen LogP contribution is -2.21. The molecule has 3 rings (SSSR count). The fraction of sp³-hybridized carbons (Fsp3) is 0.100. The Labute approximate surface area is 164 Å². The van der Waals surface area contributed by atoms with E-state index in [1.54, 1.807) is 18.2 Å². The van der Waals surface area contributed by atoms with E-state index in [4.69, 9.17) is 16.2 Å². The highest BCUT2D eigenvalue weighted by Gasteiger charge is 2.18. The van der Waals surface area contributed by atoms with Crippen molar-refractivity contribution in [1.82, 2.24) is 0 Å². The molecule has 6 nitrogen and oxygen atoms in total. The van der Waals surface area contributed by atoms with Crippen molar-refractivity contribution >= 4 is 28.3 Å². The van der Waals surface area contributed by atoms with Gasteiger partial charge in [-0.25, -0.2) is 9.18 Å². The smallest absolute Gasteiger partial charge is 0.317 e. The first-order chi connectivity index (χ1) is 13.4. The van der Waals surface area contributed by atoms with Crippen molar-refractivity contribution in [3.05, 3.63) is 71.5 Å². The zero-order valence-corrected chi connectivity index (χ0v) is 15.6. The Bertz CT molecular complexity index is 1000. The van der Waals surface area contributed by atoms with E-state index in [0.29, 0.717) is 23.7 Å². The number of nitrogens with one attached hydrogen (secondary N) is 1. The number of ether oxygens (including phenoxy) is 1. The lowest BCUT2D eigenvalue weighted by molar-refractivity contribution is 0.100. The van der Waals surface area contributed by atoms with Gasteiger partial charge < -0.3 is 16.2 Å². The van der Waals surface area contributed by atoms with E-state index in [0.717, 1.165) is 11.1 Å². The summed E-state index contributed by atoms with van der Waals surface area (Å²) in [5, 5.41) is 2.71. The number of thiophene rings is 1. The molecule has 0 saturated carbocycles. The van der Waals surface area contributed by atoms with Crippen molar-refractivity contribution in [3.8, 4) is 16.2 Å². The lowest BCUT2D eigenvalue weighted by Gasteiger charge is -2.10. The first kappa shape index (κ1) is 19.4. The van der Waals surface area contributed by atoms with Crippen molar-refractivity contribution < 1.29 is 18.7 Å². The highest BCUT2D eigenvalue weighted by Crippen LogP contribution is 2.39. The molecule has 0 aliphatic carbocycles. The molecule has 0 spiro atoms. The zero-order valence-electron chi connectivity index (χ0n) is 14.8. The zero-order chi connectivity index (χ0) is 20.1. The van der Waals surface area contributed by atoms with Crippen LogP contribution in [0.1, 0.15) is 15.9 Å². The van der Waals surface area contributed by atoms with Gasteiger partial charge in [-0.2, -0.15) is 0 Å². The molecule has 8 heteroatoms. The van der Waals surface area contributed by atoms with Crippen molar-refractivity contribution in [2.75, 3.05) is 11.9 Å². The maximum atomic E-state index is 13.0. The highest BCUT2D eigenvalue weighted by atomic mass is 32.1. The van der Waals surface area contributed by atoms with Crippen LogP contribution in [0.2, 0.25) is 0 Å². The van der Waals surface area contributed by atoms with Gasteiger partial charge in [0.05, 0.1) is 12.2 Å². The van der Waals surface area contributed by atoms with Gasteiger partial charge in [-0.1, -0.05) is 24.3 Å². The number of hydrogen-bond donors (Lipinski definition) is 3. The summed E-state index contributed by atoms with van der Waals surface area (Å²) in [6.07, 6.45) is 0.611. The molecule has 0 atom stereocenters. The molecule has 0 radical (unpaired) electrons. The Hall–Kier alpha value is -3.39. The summed E-state index contributed by atoms with van der Waals surface area (Å²) in [6, 6.07) is 14.4. The molecule has 0 fully saturated rings. The molecule has 3 aromatic rings. The Morgan fingerprint density at radius 1 is 1.07 bits per heavy atom. The molecular weight excluding hydrogens is 381 g/mol. The van der Waals surface area contributed by atoms with Crippen LogP contribution in [0, 0.1) is 5.82 Å². The standard InChI is InChI=1S/C20H18FN3O3S/c21-13-7-5-12(6-8-13)9-10-27-16-4-2-1-3-14(16)17-11-15(18(22)25)19(28-17)24-20(23)26/h1-8,11H,9-10H2,(H2,22,25)(H3,23,24,26). The summed E-state index contributed by atoms with van der Waals surface area (Å²) in [6.45, 7) is 0.392. The van der Waals surface area contributed by atoms with Crippen molar-refractivity contribution in [1.29, 1.82) is 0 Å². The highest BCUT2D eigenvalue weighted by molar-refractivity contribution is 7.20. The van der Waals surface area contributed by atoms with Crippen LogP contribution in [0.25, 0.3) is 10.4 Å². The number of carbonyl (C=O) groups is 2. The number of rotatable bonds is 7. The number of urea groups is 1. The molecule has 3 amide bonds. The monoisotopic (exact) mass is 399 g/mol. The van der Waals surface area contributed by atoms with E-state index < -0.39 is 11.9 Å². The fourth-order valence-electron chi connectivity index (χ4n) is 2.64. The number of anilines is 1. The minimum atomic E-state index is -0.778. The summed E-state index contributed by atoms with van der Waals surface area (Å²) < 4.78 is 18.9. The number of benzene rings is 2. The van der Waals surface area contributed by atoms with Crippen molar-refractivity contribution in [2.24, 2.45) is 11.5 Å². The largest absolute Gasteiger partial charge is 0.493 e. The van der Waals surface area contributed by atoms with Gasteiger partial charge in [0.2, 0.25) is 0 Å². The summed E-state index contributed by atoms with van der Waals surface area (Å²) in [7, 11) is 0. The van der Waals surface area contributed by atoms with Gasteiger partial charge in [0.15, 0.2) is 0 Å². The molecule has 0 bridgehead atoms. The van der Waals surface area contributed by atoms with E-state index in [9.17, 15) is 14.0 Å². The second-order valence-corrected chi connectivity index (χ2v) is 6.98. The third-order valence-corrected chi connectivity index (χ3v) is 5.03. The van der Waals surface area contributed by atoms with Crippen LogP contribution < -0.4 is 21.5 Å². The summed E-state index contributed by atoms with van der Waals surface area (Å²) in [4.78, 5) is 23.5. The molecule has 28 heavy (non-hydrogen) atoms. The Morgan fingerprint density at radius 3 is 2.46 bits per heavy atom. The number of hydrogen-bond acceptors (Lipinski definition) is 4. The predicted molar refractivity (Wildman–Crippen MR) is 107 cm³/mol. The Morgan fingerprint density at radius 2 is 1.79 bits per heavy atom. The van der Waals surface area contributed by atoms with Crippen LogP contribution in [-0.4, -0.2) is 18.5 Å². The third-order valence-electron chi connectivity index (χ3n) is 3.95. The molecule has 0 unspecified atom stereocenters. The molecule has 144 valence electrons. The maximum Gasteiger partial charge on any atom is 0.317 e. The summed E-state index contributed by atoms with van der Waals surface area (Å²) in [5.41, 5.74) is 12.4. The number of nitrogens with two attached hydrogens (primary N) is 2. The van der Waals surface area contributed by atoms with Gasteiger partial charge in [0, 0.05) is 16.9 Å². The normalized spacial score (nSPS) is 10.5. The summed E-state index contributed by atoms with van der Waals surface area (Å²) in [5.74, 6) is -0.327. The fourth-order valence-corrected chi connectivity index (χ4v) is 3.73. The van der Waals surface area contributed by atoms with Crippen LogP contribution in [-0.2, 0) is 6.42 Å². The van der Waals surface area contributed by atoms with Gasteiger partial charge in [0.25, 0.3) is 5.91 Å². The second kappa shape index (κ2) is 8.53. The molecule has 5 N–H and O–H groups in total. The van der Waals surface area contributed by atoms with Crippen LogP contribution >= 0.6 is 11.3 Å². The first-order valence-electron chi connectivity index (χ1n) is 8.41. The van der Waals surface area contributed by atoms with Gasteiger partial charge in [-0.3, -0.25) is 10.1 Å². The number of halogens is 1. The third kappa shape index (κ3) is 4.66. The number of amides is 3. The second-order valence-electron chi connectivity index (χ2n) is 5.93. The lowest BCUT2D eigenvalue weighted by atomic mass is 10.1. The molecule has 1 aromatic heterocycles. The molecule has 0 aliphatic heterocycles. The van der Waals surface area contributed by atoms with Gasteiger partial charge in [-0.05, 0) is 35.9 Å². The first-order valence-corrected chi connectivity index (χ1v) is 9.22. The van der Waals surface area contributed by atoms with E-state index >= 15 is 0 Å². The molecule has 2 aromatic carbocycles. The van der Waals surface area contributed by atoms with E-state index in [-0.39, 0.29) is 16.4 Å². The van der Waals surface area contributed by atoms with E-state index in [2.05, 4.69) is 5.32 Å². The number of carbonyl (C=O) groups excluding carboxylic acids is 2.